The van der Waals surface area contributed by atoms with Gasteiger partial charge < -0.3 is 15.2 Å². The summed E-state index contributed by atoms with van der Waals surface area (Å²) in [7, 11) is 1.57. The van der Waals surface area contributed by atoms with Gasteiger partial charge in [0.2, 0.25) is 5.91 Å². The van der Waals surface area contributed by atoms with Gasteiger partial charge in [-0.2, -0.15) is 0 Å². The zero-order valence-corrected chi connectivity index (χ0v) is 12.4. The lowest BCUT2D eigenvalue weighted by atomic mass is 10.1. The normalized spacial score (nSPS) is 12.1. The molecular weight excluding hydrogens is 278 g/mol. The van der Waals surface area contributed by atoms with Crippen molar-refractivity contribution in [2.45, 2.75) is 6.10 Å². The Balaban J connectivity index is 1.86. The van der Waals surface area contributed by atoms with Crippen molar-refractivity contribution in [1.82, 2.24) is 5.32 Å². The average Bonchev–Trinajstić information content (AvgIpc) is 2.58. The second-order valence-corrected chi connectivity index (χ2v) is 4.78. The van der Waals surface area contributed by atoms with Crippen molar-refractivity contribution in [3.8, 4) is 5.75 Å². The molecule has 0 radical (unpaired) electrons. The highest BCUT2D eigenvalue weighted by molar-refractivity contribution is 5.91. The maximum absolute atomic E-state index is 11.7. The molecule has 0 aliphatic rings. The van der Waals surface area contributed by atoms with Gasteiger partial charge in [0.05, 0.1) is 13.2 Å². The van der Waals surface area contributed by atoms with Gasteiger partial charge in [0.15, 0.2) is 0 Å². The summed E-state index contributed by atoms with van der Waals surface area (Å²) in [6.45, 7) is 0.144. The Bertz CT molecular complexity index is 638. The van der Waals surface area contributed by atoms with E-state index in [1.165, 1.54) is 6.08 Å². The van der Waals surface area contributed by atoms with Gasteiger partial charge in [-0.3, -0.25) is 4.79 Å². The maximum Gasteiger partial charge on any atom is 0.244 e. The second kappa shape index (κ2) is 8.00. The first-order chi connectivity index (χ1) is 10.7. The monoisotopic (exact) mass is 297 g/mol. The lowest BCUT2D eigenvalue weighted by molar-refractivity contribution is -0.116. The number of benzene rings is 2. The molecule has 0 heterocycles. The van der Waals surface area contributed by atoms with Crippen LogP contribution < -0.4 is 10.1 Å². The predicted octanol–water partition coefficient (Wildman–Crippen LogP) is 2.56. The zero-order chi connectivity index (χ0) is 15.8. The fraction of sp³-hybridized carbons (Fsp3) is 0.167. The van der Waals surface area contributed by atoms with E-state index < -0.39 is 6.10 Å². The quantitative estimate of drug-likeness (QED) is 0.806. The van der Waals surface area contributed by atoms with Gasteiger partial charge in [-0.15, -0.1) is 0 Å². The lowest BCUT2D eigenvalue weighted by Gasteiger charge is -2.12. The average molecular weight is 297 g/mol. The molecule has 0 fully saturated rings. The van der Waals surface area contributed by atoms with Crippen molar-refractivity contribution in [1.29, 1.82) is 0 Å². The van der Waals surface area contributed by atoms with E-state index in [1.54, 1.807) is 37.5 Å². The Hall–Kier alpha value is -2.59. The molecule has 2 aromatic carbocycles. The summed E-state index contributed by atoms with van der Waals surface area (Å²) in [5.41, 5.74) is 1.65. The molecule has 4 heteroatoms. The molecule has 0 spiro atoms. The standard InChI is InChI=1S/C18H19NO3/c1-22-16-9-5-8-15(12-16)17(20)13-19-18(21)11-10-14-6-3-2-4-7-14/h2-12,17,20H,13H2,1H3,(H,19,21)/b11-10+/t17-/m1/s1. The SMILES string of the molecule is COc1cccc([C@H](O)CNC(=O)/C=C/c2ccccc2)c1. The topological polar surface area (TPSA) is 58.6 Å². The van der Waals surface area contributed by atoms with Gasteiger partial charge in [-0.1, -0.05) is 42.5 Å². The van der Waals surface area contributed by atoms with Crippen molar-refractivity contribution < 1.29 is 14.6 Å². The summed E-state index contributed by atoms with van der Waals surface area (Å²) in [5, 5.41) is 12.8. The Morgan fingerprint density at radius 3 is 2.73 bits per heavy atom. The van der Waals surface area contributed by atoms with E-state index in [-0.39, 0.29) is 12.5 Å². The maximum atomic E-state index is 11.7. The van der Waals surface area contributed by atoms with Crippen LogP contribution in [0.4, 0.5) is 0 Å². The van der Waals surface area contributed by atoms with E-state index in [0.29, 0.717) is 11.3 Å². The summed E-state index contributed by atoms with van der Waals surface area (Å²) < 4.78 is 5.11. The molecule has 0 aromatic heterocycles. The van der Waals surface area contributed by atoms with Gasteiger partial charge in [0, 0.05) is 12.6 Å². The van der Waals surface area contributed by atoms with E-state index in [9.17, 15) is 9.90 Å². The number of ether oxygens (including phenoxy) is 1. The molecular formula is C18H19NO3. The minimum absolute atomic E-state index is 0.144. The van der Waals surface area contributed by atoms with Crippen LogP contribution in [-0.2, 0) is 4.79 Å². The second-order valence-electron chi connectivity index (χ2n) is 4.78. The highest BCUT2D eigenvalue weighted by Crippen LogP contribution is 2.18. The third-order valence-electron chi connectivity index (χ3n) is 3.17. The molecule has 0 bridgehead atoms. The number of hydrogen-bond donors (Lipinski definition) is 2. The molecule has 0 saturated heterocycles. The number of amides is 1. The van der Waals surface area contributed by atoms with Crippen molar-refractivity contribution in [2.75, 3.05) is 13.7 Å². The van der Waals surface area contributed by atoms with Crippen LogP contribution >= 0.6 is 0 Å². The van der Waals surface area contributed by atoms with Gasteiger partial charge in [-0.25, -0.2) is 0 Å². The molecule has 0 aliphatic heterocycles. The van der Waals surface area contributed by atoms with Gasteiger partial charge in [0.1, 0.15) is 5.75 Å². The molecule has 1 amide bonds. The molecule has 114 valence electrons. The largest absolute Gasteiger partial charge is 0.497 e. The van der Waals surface area contributed by atoms with Crippen molar-refractivity contribution in [3.05, 3.63) is 71.8 Å². The molecule has 4 nitrogen and oxygen atoms in total. The third-order valence-corrected chi connectivity index (χ3v) is 3.17. The summed E-state index contributed by atoms with van der Waals surface area (Å²) >= 11 is 0. The van der Waals surface area contributed by atoms with Crippen LogP contribution in [0, 0.1) is 0 Å². The first-order valence-electron chi connectivity index (χ1n) is 7.02. The Morgan fingerprint density at radius 2 is 2.00 bits per heavy atom. The minimum atomic E-state index is -0.774. The lowest BCUT2D eigenvalue weighted by Crippen LogP contribution is -2.26. The first kappa shape index (κ1) is 15.8. The molecule has 0 unspecified atom stereocenters. The summed E-state index contributed by atoms with van der Waals surface area (Å²) in [6.07, 6.45) is 2.41. The molecule has 1 atom stereocenters. The van der Waals surface area contributed by atoms with Gasteiger partial charge in [0.25, 0.3) is 0 Å². The summed E-state index contributed by atoms with van der Waals surface area (Å²) in [4.78, 5) is 11.7. The molecule has 0 aliphatic carbocycles. The van der Waals surface area contributed by atoms with E-state index in [2.05, 4.69) is 5.32 Å². The van der Waals surface area contributed by atoms with Crippen LogP contribution in [0.5, 0.6) is 5.75 Å². The zero-order valence-electron chi connectivity index (χ0n) is 12.4. The number of nitrogens with one attached hydrogen (secondary N) is 1. The summed E-state index contributed by atoms with van der Waals surface area (Å²) in [5.74, 6) is 0.428. The van der Waals surface area contributed by atoms with E-state index in [1.807, 2.05) is 30.3 Å². The fourth-order valence-electron chi connectivity index (χ4n) is 1.96. The number of carbonyl (C=O) groups is 1. The molecule has 2 rings (SSSR count). The molecule has 2 N–H and O–H groups in total. The Kier molecular flexibility index (Phi) is 5.74. The number of rotatable bonds is 6. The first-order valence-corrected chi connectivity index (χ1v) is 7.02. The smallest absolute Gasteiger partial charge is 0.244 e. The Labute approximate surface area is 130 Å². The number of methoxy groups -OCH3 is 1. The molecule has 22 heavy (non-hydrogen) atoms. The van der Waals surface area contributed by atoms with Crippen molar-refractivity contribution >= 4 is 12.0 Å². The number of aliphatic hydroxyl groups is 1. The van der Waals surface area contributed by atoms with E-state index in [0.717, 1.165) is 5.56 Å². The van der Waals surface area contributed by atoms with E-state index in [4.69, 9.17) is 4.74 Å². The van der Waals surface area contributed by atoms with Crippen LogP contribution in [0.1, 0.15) is 17.2 Å². The number of carbonyl (C=O) groups excluding carboxylic acids is 1. The van der Waals surface area contributed by atoms with Gasteiger partial charge >= 0.3 is 0 Å². The van der Waals surface area contributed by atoms with Crippen LogP contribution in [0.2, 0.25) is 0 Å². The van der Waals surface area contributed by atoms with Crippen LogP contribution in [0.3, 0.4) is 0 Å². The van der Waals surface area contributed by atoms with Crippen molar-refractivity contribution in [3.63, 3.8) is 0 Å². The van der Waals surface area contributed by atoms with Crippen LogP contribution in [-0.4, -0.2) is 24.7 Å². The predicted molar refractivity (Wildman–Crippen MR) is 86.4 cm³/mol. The van der Waals surface area contributed by atoms with Crippen molar-refractivity contribution in [2.24, 2.45) is 0 Å². The third kappa shape index (κ3) is 4.75. The van der Waals surface area contributed by atoms with Crippen LogP contribution in [0.15, 0.2) is 60.7 Å². The van der Waals surface area contributed by atoms with Gasteiger partial charge in [-0.05, 0) is 29.3 Å². The molecule has 2 aromatic rings. The highest BCUT2D eigenvalue weighted by atomic mass is 16.5. The fourth-order valence-corrected chi connectivity index (χ4v) is 1.96. The Morgan fingerprint density at radius 1 is 1.23 bits per heavy atom. The summed E-state index contributed by atoms with van der Waals surface area (Å²) in [6, 6.07) is 16.7. The number of aliphatic hydroxyl groups excluding tert-OH is 1. The number of hydrogen-bond acceptors (Lipinski definition) is 3. The highest BCUT2D eigenvalue weighted by Gasteiger charge is 2.09. The van der Waals surface area contributed by atoms with Crippen LogP contribution in [0.25, 0.3) is 6.08 Å². The molecule has 0 saturated carbocycles. The van der Waals surface area contributed by atoms with E-state index >= 15 is 0 Å². The minimum Gasteiger partial charge on any atom is -0.497 e.